The Kier molecular flexibility index (Phi) is 1.51. The van der Waals surface area contributed by atoms with Crippen LogP contribution in [0.3, 0.4) is 0 Å². The van der Waals surface area contributed by atoms with E-state index in [1.165, 1.54) is 25.0 Å². The largest absolute Gasteiger partial charge is 0.392 e. The van der Waals surface area contributed by atoms with Gasteiger partial charge in [-0.15, -0.1) is 0 Å². The monoisotopic (exact) mass is 139 g/mol. The van der Waals surface area contributed by atoms with E-state index in [2.05, 4.69) is 11.0 Å². The highest BCUT2D eigenvalue weighted by atomic mass is 16.3. The number of aliphatic hydroxyl groups is 1. The van der Waals surface area contributed by atoms with Crippen molar-refractivity contribution in [1.29, 1.82) is 0 Å². The Hall–Kier alpha value is -0.340. The third-order valence-electron chi connectivity index (χ3n) is 2.56. The molecule has 2 heterocycles. The molecule has 0 aromatic heterocycles. The lowest BCUT2D eigenvalue weighted by molar-refractivity contribution is 0.287. The molecule has 2 nitrogen and oxygen atoms in total. The summed E-state index contributed by atoms with van der Waals surface area (Å²) in [6, 6.07) is 0.602. The molecule has 2 aliphatic rings. The van der Waals surface area contributed by atoms with Crippen molar-refractivity contribution in [2.24, 2.45) is 0 Å². The predicted octanol–water partition coefficient (Wildman–Crippen LogP) is 0.383. The van der Waals surface area contributed by atoms with Gasteiger partial charge in [-0.3, -0.25) is 4.90 Å². The highest BCUT2D eigenvalue weighted by Gasteiger charge is 2.30. The summed E-state index contributed by atoms with van der Waals surface area (Å²) < 4.78 is 0. The molecule has 2 heteroatoms. The maximum absolute atomic E-state index is 8.92. The SMILES string of the molecule is OCC1=CCN2CCC[C@@H]12. The predicted molar refractivity (Wildman–Crippen MR) is 39.8 cm³/mol. The first-order chi connectivity index (χ1) is 4.92. The van der Waals surface area contributed by atoms with Crippen LogP contribution in [0.4, 0.5) is 0 Å². The van der Waals surface area contributed by atoms with Gasteiger partial charge in [0.2, 0.25) is 0 Å². The van der Waals surface area contributed by atoms with Gasteiger partial charge in [-0.1, -0.05) is 6.08 Å². The normalized spacial score (nSPS) is 32.5. The van der Waals surface area contributed by atoms with Crippen molar-refractivity contribution in [2.45, 2.75) is 18.9 Å². The van der Waals surface area contributed by atoms with Crippen molar-refractivity contribution < 1.29 is 5.11 Å². The molecule has 0 aromatic rings. The third-order valence-corrected chi connectivity index (χ3v) is 2.56. The Bertz CT molecular complexity index is 165. The average Bonchev–Trinajstić information content (AvgIpc) is 2.44. The van der Waals surface area contributed by atoms with Crippen LogP contribution in [0.25, 0.3) is 0 Å². The van der Waals surface area contributed by atoms with E-state index in [1.54, 1.807) is 0 Å². The van der Waals surface area contributed by atoms with Crippen molar-refractivity contribution in [3.05, 3.63) is 11.6 Å². The van der Waals surface area contributed by atoms with Gasteiger partial charge in [0, 0.05) is 12.6 Å². The minimum absolute atomic E-state index is 0.265. The zero-order chi connectivity index (χ0) is 6.97. The molecule has 56 valence electrons. The maximum Gasteiger partial charge on any atom is 0.0657 e. The summed E-state index contributed by atoms with van der Waals surface area (Å²) in [5, 5.41) is 8.92. The molecule has 0 unspecified atom stereocenters. The first-order valence-electron chi connectivity index (χ1n) is 3.95. The number of nitrogens with zero attached hydrogens (tertiary/aromatic N) is 1. The molecule has 1 N–H and O–H groups in total. The smallest absolute Gasteiger partial charge is 0.0657 e. The van der Waals surface area contributed by atoms with Crippen LogP contribution in [-0.2, 0) is 0 Å². The van der Waals surface area contributed by atoms with E-state index in [0.717, 1.165) is 6.54 Å². The summed E-state index contributed by atoms with van der Waals surface area (Å²) >= 11 is 0. The second-order valence-electron chi connectivity index (χ2n) is 3.09. The minimum atomic E-state index is 0.265. The zero-order valence-corrected chi connectivity index (χ0v) is 6.08. The van der Waals surface area contributed by atoms with E-state index in [-0.39, 0.29) is 6.61 Å². The van der Waals surface area contributed by atoms with E-state index in [4.69, 9.17) is 5.11 Å². The van der Waals surface area contributed by atoms with Gasteiger partial charge >= 0.3 is 0 Å². The van der Waals surface area contributed by atoms with E-state index < -0.39 is 0 Å². The summed E-state index contributed by atoms with van der Waals surface area (Å²) in [6.45, 7) is 2.56. The molecule has 0 bridgehead atoms. The number of hydrogen-bond acceptors (Lipinski definition) is 2. The number of rotatable bonds is 1. The third kappa shape index (κ3) is 0.796. The lowest BCUT2D eigenvalue weighted by Crippen LogP contribution is -2.25. The quantitative estimate of drug-likeness (QED) is 0.531. The van der Waals surface area contributed by atoms with Crippen molar-refractivity contribution >= 4 is 0 Å². The fourth-order valence-electron chi connectivity index (χ4n) is 2.01. The molecule has 2 rings (SSSR count). The highest BCUT2D eigenvalue weighted by Crippen LogP contribution is 2.27. The van der Waals surface area contributed by atoms with Crippen LogP contribution < -0.4 is 0 Å². The van der Waals surface area contributed by atoms with Crippen LogP contribution in [0.2, 0.25) is 0 Å². The molecule has 1 saturated heterocycles. The van der Waals surface area contributed by atoms with Gasteiger partial charge < -0.3 is 5.11 Å². The van der Waals surface area contributed by atoms with Gasteiger partial charge in [0.15, 0.2) is 0 Å². The van der Waals surface area contributed by atoms with E-state index in [1.807, 2.05) is 0 Å². The van der Waals surface area contributed by atoms with Crippen LogP contribution in [0.1, 0.15) is 12.8 Å². The second kappa shape index (κ2) is 2.36. The Morgan fingerprint density at radius 1 is 1.70 bits per heavy atom. The first-order valence-corrected chi connectivity index (χ1v) is 3.95. The van der Waals surface area contributed by atoms with Gasteiger partial charge in [-0.05, 0) is 25.0 Å². The Balaban J connectivity index is 2.10. The lowest BCUT2D eigenvalue weighted by atomic mass is 10.1. The van der Waals surface area contributed by atoms with Crippen LogP contribution in [0.15, 0.2) is 11.6 Å². The first kappa shape index (κ1) is 6.38. The lowest BCUT2D eigenvalue weighted by Gasteiger charge is -2.16. The Morgan fingerprint density at radius 3 is 3.40 bits per heavy atom. The molecule has 0 aliphatic carbocycles. The summed E-state index contributed by atoms with van der Waals surface area (Å²) in [4.78, 5) is 2.44. The van der Waals surface area contributed by atoms with Crippen molar-refractivity contribution in [2.75, 3.05) is 19.7 Å². The zero-order valence-electron chi connectivity index (χ0n) is 6.08. The highest BCUT2D eigenvalue weighted by molar-refractivity contribution is 5.20. The molecule has 0 radical (unpaired) electrons. The molecule has 0 aromatic carbocycles. The van der Waals surface area contributed by atoms with Crippen molar-refractivity contribution in [1.82, 2.24) is 4.90 Å². The van der Waals surface area contributed by atoms with Crippen molar-refractivity contribution in [3.8, 4) is 0 Å². The van der Waals surface area contributed by atoms with E-state index in [9.17, 15) is 0 Å². The molecule has 0 saturated carbocycles. The van der Waals surface area contributed by atoms with Crippen LogP contribution in [0.5, 0.6) is 0 Å². The molecule has 0 spiro atoms. The molecule has 2 aliphatic heterocycles. The van der Waals surface area contributed by atoms with Crippen LogP contribution in [-0.4, -0.2) is 35.7 Å². The fourth-order valence-corrected chi connectivity index (χ4v) is 2.01. The Morgan fingerprint density at radius 2 is 2.60 bits per heavy atom. The molecule has 1 atom stereocenters. The standard InChI is InChI=1S/C8H13NO/c10-6-7-3-5-9-4-1-2-8(7)9/h3,8,10H,1-2,4-6H2/t8-/m0/s1. The number of fused-ring (bicyclic) bond motifs is 1. The second-order valence-corrected chi connectivity index (χ2v) is 3.09. The Labute approximate surface area is 61.1 Å². The summed E-state index contributed by atoms with van der Waals surface area (Å²) in [5.74, 6) is 0. The summed E-state index contributed by atoms with van der Waals surface area (Å²) in [5.41, 5.74) is 1.25. The molecule has 1 fully saturated rings. The number of aliphatic hydroxyl groups excluding tert-OH is 1. The van der Waals surface area contributed by atoms with Gasteiger partial charge in [-0.25, -0.2) is 0 Å². The summed E-state index contributed by atoms with van der Waals surface area (Å²) in [7, 11) is 0. The molecule has 0 amide bonds. The van der Waals surface area contributed by atoms with E-state index in [0.29, 0.717) is 6.04 Å². The molecular formula is C8H13NO. The summed E-state index contributed by atoms with van der Waals surface area (Å²) in [6.07, 6.45) is 4.73. The molecule has 10 heavy (non-hydrogen) atoms. The van der Waals surface area contributed by atoms with Crippen LogP contribution in [0, 0.1) is 0 Å². The topological polar surface area (TPSA) is 23.5 Å². The van der Waals surface area contributed by atoms with Gasteiger partial charge in [-0.2, -0.15) is 0 Å². The minimum Gasteiger partial charge on any atom is -0.392 e. The molecular weight excluding hydrogens is 126 g/mol. The van der Waals surface area contributed by atoms with Gasteiger partial charge in [0.25, 0.3) is 0 Å². The van der Waals surface area contributed by atoms with Gasteiger partial charge in [0.1, 0.15) is 0 Å². The fraction of sp³-hybridized carbons (Fsp3) is 0.750. The average molecular weight is 139 g/mol. The maximum atomic E-state index is 8.92. The van der Waals surface area contributed by atoms with Crippen molar-refractivity contribution in [3.63, 3.8) is 0 Å². The van der Waals surface area contributed by atoms with Crippen LogP contribution >= 0.6 is 0 Å². The van der Waals surface area contributed by atoms with Gasteiger partial charge in [0.05, 0.1) is 6.61 Å². The van der Waals surface area contributed by atoms with E-state index >= 15 is 0 Å². The number of hydrogen-bond donors (Lipinski definition) is 1.